The van der Waals surface area contributed by atoms with Crippen LogP contribution in [0.1, 0.15) is 21.5 Å². The van der Waals surface area contributed by atoms with E-state index in [0.717, 1.165) is 5.56 Å². The Morgan fingerprint density at radius 3 is 2.27 bits per heavy atom. The summed E-state index contributed by atoms with van der Waals surface area (Å²) in [4.78, 5) is 36.6. The second-order valence-electron chi connectivity index (χ2n) is 6.95. The Kier molecular flexibility index (Phi) is 7.44. The Hall–Kier alpha value is -3.72. The lowest BCUT2D eigenvalue weighted by Crippen LogP contribution is -2.30. The number of esters is 1. The molecule has 3 aromatic rings. The van der Waals surface area contributed by atoms with Crippen LogP contribution < -0.4 is 25.2 Å². The van der Waals surface area contributed by atoms with Gasteiger partial charge in [0.1, 0.15) is 18.7 Å². The molecule has 1 heterocycles. The Morgan fingerprint density at radius 2 is 1.67 bits per heavy atom. The monoisotopic (exact) mass is 475 g/mol. The van der Waals surface area contributed by atoms with E-state index in [9.17, 15) is 14.4 Å². The van der Waals surface area contributed by atoms with Gasteiger partial charge in [-0.3, -0.25) is 9.59 Å². The molecule has 1 N–H and O–H groups in total. The summed E-state index contributed by atoms with van der Waals surface area (Å²) < 4.78 is 26.1. The van der Waals surface area contributed by atoms with Crippen LogP contribution in [0.2, 0.25) is 5.02 Å². The van der Waals surface area contributed by atoms with E-state index in [-0.39, 0.29) is 12.2 Å². The van der Waals surface area contributed by atoms with Crippen LogP contribution in [0.25, 0.3) is 11.0 Å². The van der Waals surface area contributed by atoms with Crippen molar-refractivity contribution in [2.24, 2.45) is 0 Å². The smallest absolute Gasteiger partial charge is 0.336 e. The number of fused-ring (bicyclic) bond motifs is 1. The zero-order chi connectivity index (χ0) is 24.1. The zero-order valence-electron chi connectivity index (χ0n) is 18.4. The lowest BCUT2D eigenvalue weighted by molar-refractivity contribution is -0.143. The lowest BCUT2D eigenvalue weighted by atomic mass is 10.1. The molecule has 0 spiro atoms. The quantitative estimate of drug-likeness (QED) is 0.390. The first kappa shape index (κ1) is 23.9. The van der Waals surface area contributed by atoms with Crippen molar-refractivity contribution < 1.29 is 33.0 Å². The molecule has 0 aliphatic rings. The highest BCUT2D eigenvalue weighted by Crippen LogP contribution is 2.38. The second kappa shape index (κ2) is 10.3. The van der Waals surface area contributed by atoms with E-state index in [1.54, 1.807) is 19.1 Å². The van der Waals surface area contributed by atoms with Crippen LogP contribution in [0.4, 0.5) is 0 Å². The number of carbonyl (C=O) groups excluding carboxylic acids is 2. The van der Waals surface area contributed by atoms with Crippen molar-refractivity contribution in [3.8, 4) is 17.2 Å². The number of rotatable bonds is 8. The van der Waals surface area contributed by atoms with Gasteiger partial charge in [0.25, 0.3) is 5.91 Å². The summed E-state index contributed by atoms with van der Waals surface area (Å²) in [5.74, 6) is -0.304. The van der Waals surface area contributed by atoms with Gasteiger partial charge in [0, 0.05) is 27.6 Å². The van der Waals surface area contributed by atoms with Gasteiger partial charge < -0.3 is 28.7 Å². The molecule has 1 aromatic heterocycles. The highest BCUT2D eigenvalue weighted by molar-refractivity contribution is 6.32. The van der Waals surface area contributed by atoms with Gasteiger partial charge in [-0.15, -0.1) is 0 Å². The number of hydrogen-bond donors (Lipinski definition) is 1. The summed E-state index contributed by atoms with van der Waals surface area (Å²) >= 11 is 6.17. The fourth-order valence-electron chi connectivity index (χ4n) is 3.14. The summed E-state index contributed by atoms with van der Waals surface area (Å²) in [6.45, 7) is 1.19. The molecule has 0 atom stereocenters. The second-order valence-corrected chi connectivity index (χ2v) is 7.35. The molecule has 0 radical (unpaired) electrons. The van der Waals surface area contributed by atoms with Gasteiger partial charge in [-0.05, 0) is 36.8 Å². The highest BCUT2D eigenvalue weighted by Gasteiger charge is 2.18. The SMILES string of the molecule is COc1cc(C(=O)NCC(=O)OCc2cc(=O)oc3cc(C)c(Cl)cc23)cc(OC)c1OC. The van der Waals surface area contributed by atoms with E-state index in [2.05, 4.69) is 5.32 Å². The van der Waals surface area contributed by atoms with Gasteiger partial charge in [-0.1, -0.05) is 11.6 Å². The predicted molar refractivity (Wildman–Crippen MR) is 120 cm³/mol. The molecule has 0 fully saturated rings. The molecule has 2 aromatic carbocycles. The third-order valence-electron chi connectivity index (χ3n) is 4.82. The van der Waals surface area contributed by atoms with Crippen molar-refractivity contribution in [3.05, 3.63) is 62.5 Å². The van der Waals surface area contributed by atoms with Gasteiger partial charge in [0.05, 0.1) is 21.3 Å². The van der Waals surface area contributed by atoms with Crippen LogP contribution in [-0.2, 0) is 16.1 Å². The van der Waals surface area contributed by atoms with Gasteiger partial charge in [0.15, 0.2) is 11.5 Å². The van der Waals surface area contributed by atoms with Crippen LogP contribution in [0, 0.1) is 6.92 Å². The normalized spacial score (nSPS) is 10.6. The maximum Gasteiger partial charge on any atom is 0.336 e. The summed E-state index contributed by atoms with van der Waals surface area (Å²) in [6.07, 6.45) is 0. The van der Waals surface area contributed by atoms with Gasteiger partial charge in [-0.25, -0.2) is 4.79 Å². The average molecular weight is 476 g/mol. The molecule has 9 nitrogen and oxygen atoms in total. The fraction of sp³-hybridized carbons (Fsp3) is 0.261. The third-order valence-corrected chi connectivity index (χ3v) is 5.23. The standard InChI is InChI=1S/C23H22ClNO8/c1-12-5-17-15(9-16(12)24)14(8-20(26)33-17)11-32-21(27)10-25-23(28)13-6-18(29-2)22(31-4)19(7-13)30-3/h5-9H,10-11H2,1-4H3,(H,25,28). The van der Waals surface area contributed by atoms with Crippen LogP contribution in [0.3, 0.4) is 0 Å². The number of aryl methyl sites for hydroxylation is 1. The summed E-state index contributed by atoms with van der Waals surface area (Å²) in [6, 6.07) is 7.44. The molecule has 0 saturated carbocycles. The number of benzene rings is 2. The molecule has 10 heteroatoms. The van der Waals surface area contributed by atoms with Crippen molar-refractivity contribution in [1.82, 2.24) is 5.32 Å². The third kappa shape index (κ3) is 5.38. The minimum absolute atomic E-state index is 0.194. The molecule has 0 saturated heterocycles. The highest BCUT2D eigenvalue weighted by atomic mass is 35.5. The minimum Gasteiger partial charge on any atom is -0.493 e. The molecule has 0 aliphatic carbocycles. The Morgan fingerprint density at radius 1 is 1.00 bits per heavy atom. The van der Waals surface area contributed by atoms with Crippen LogP contribution in [0.15, 0.2) is 39.5 Å². The number of methoxy groups -OCH3 is 3. The van der Waals surface area contributed by atoms with Crippen molar-refractivity contribution in [1.29, 1.82) is 0 Å². The number of amides is 1. The van der Waals surface area contributed by atoms with Crippen LogP contribution in [0.5, 0.6) is 17.2 Å². The predicted octanol–water partition coefficient (Wildman–Crippen LogP) is 3.25. The largest absolute Gasteiger partial charge is 0.493 e. The van der Waals surface area contributed by atoms with E-state index >= 15 is 0 Å². The number of nitrogens with one attached hydrogen (secondary N) is 1. The van der Waals surface area contributed by atoms with E-state index in [1.165, 1.54) is 39.5 Å². The topological polar surface area (TPSA) is 113 Å². The zero-order valence-corrected chi connectivity index (χ0v) is 19.2. The first-order valence-electron chi connectivity index (χ1n) is 9.74. The van der Waals surface area contributed by atoms with Crippen molar-refractivity contribution in [2.45, 2.75) is 13.5 Å². The van der Waals surface area contributed by atoms with Crippen molar-refractivity contribution in [2.75, 3.05) is 27.9 Å². The number of carbonyl (C=O) groups is 2. The molecular weight excluding hydrogens is 454 g/mol. The molecule has 3 rings (SSSR count). The van der Waals surface area contributed by atoms with Crippen LogP contribution in [-0.4, -0.2) is 39.8 Å². The summed E-state index contributed by atoms with van der Waals surface area (Å²) in [5.41, 5.74) is 1.15. The summed E-state index contributed by atoms with van der Waals surface area (Å²) in [5, 5.41) is 3.52. The van der Waals surface area contributed by atoms with Gasteiger partial charge in [0.2, 0.25) is 5.75 Å². The molecule has 0 bridgehead atoms. The molecule has 174 valence electrons. The Balaban J connectivity index is 1.68. The summed E-state index contributed by atoms with van der Waals surface area (Å²) in [7, 11) is 4.31. The Bertz CT molecular complexity index is 1240. The Labute approximate surface area is 194 Å². The van der Waals surface area contributed by atoms with Gasteiger partial charge >= 0.3 is 11.6 Å². The molecule has 33 heavy (non-hydrogen) atoms. The maximum absolute atomic E-state index is 12.5. The molecule has 0 unspecified atom stereocenters. The number of hydrogen-bond acceptors (Lipinski definition) is 8. The first-order valence-corrected chi connectivity index (χ1v) is 10.1. The van der Waals surface area contributed by atoms with E-state index in [1.807, 2.05) is 0 Å². The molecule has 1 amide bonds. The van der Waals surface area contributed by atoms with Gasteiger partial charge in [-0.2, -0.15) is 0 Å². The lowest BCUT2D eigenvalue weighted by Gasteiger charge is -2.14. The van der Waals surface area contributed by atoms with Crippen LogP contribution >= 0.6 is 11.6 Å². The maximum atomic E-state index is 12.5. The number of halogens is 1. The average Bonchev–Trinajstić information content (AvgIpc) is 2.80. The fourth-order valence-corrected chi connectivity index (χ4v) is 3.31. The van der Waals surface area contributed by atoms with E-state index in [0.29, 0.717) is 38.8 Å². The minimum atomic E-state index is -0.699. The molecular formula is C23H22ClNO8. The van der Waals surface area contributed by atoms with Crippen molar-refractivity contribution >= 4 is 34.4 Å². The number of ether oxygens (including phenoxy) is 4. The molecule has 0 aliphatic heterocycles. The van der Waals surface area contributed by atoms with Crippen molar-refractivity contribution in [3.63, 3.8) is 0 Å². The van der Waals surface area contributed by atoms with E-state index < -0.39 is 24.0 Å². The van der Waals surface area contributed by atoms with E-state index in [4.69, 9.17) is 35.0 Å². The first-order chi connectivity index (χ1) is 15.8.